The molecule has 0 unspecified atom stereocenters. The van der Waals surface area contributed by atoms with Crippen LogP contribution in [0.2, 0.25) is 0 Å². The third-order valence-corrected chi connectivity index (χ3v) is 5.35. The molecule has 8 heteroatoms. The lowest BCUT2D eigenvalue weighted by atomic mass is 10.1. The fourth-order valence-corrected chi connectivity index (χ4v) is 3.71. The van der Waals surface area contributed by atoms with Crippen LogP contribution in [0.1, 0.15) is 32.8 Å². The summed E-state index contributed by atoms with van der Waals surface area (Å²) in [4.78, 5) is 15.0. The molecule has 190 valence electrons. The van der Waals surface area contributed by atoms with Crippen molar-refractivity contribution >= 4 is 23.4 Å². The predicted octanol–water partition coefficient (Wildman–Crippen LogP) is 4.77. The molecule has 1 fully saturated rings. The Bertz CT molecular complexity index is 1000. The van der Waals surface area contributed by atoms with Crippen molar-refractivity contribution in [1.82, 2.24) is 0 Å². The van der Waals surface area contributed by atoms with E-state index in [4.69, 9.17) is 23.7 Å². The standard InChI is InChI=1S/C27H36N2O6/c1-5-14-35-23-10-8-20(17-26(23)31-4)9-11-27(30)28-21-18-25(34-7-3)22(19-24(21)33-6-2)29-12-15-32-16-13-29/h8-11,17-19H,5-7,12-16H2,1-4H3,(H,28,30)/b11-9+. The molecule has 0 aromatic heterocycles. The number of methoxy groups -OCH3 is 1. The molecule has 1 heterocycles. The van der Waals surface area contributed by atoms with Gasteiger partial charge in [-0.25, -0.2) is 0 Å². The Balaban J connectivity index is 1.79. The second-order valence-electron chi connectivity index (χ2n) is 7.86. The van der Waals surface area contributed by atoms with Gasteiger partial charge in [-0.2, -0.15) is 0 Å². The lowest BCUT2D eigenvalue weighted by Crippen LogP contribution is -2.36. The maximum absolute atomic E-state index is 12.8. The Morgan fingerprint density at radius 2 is 1.71 bits per heavy atom. The number of hydrogen-bond donors (Lipinski definition) is 1. The highest BCUT2D eigenvalue weighted by Gasteiger charge is 2.20. The summed E-state index contributed by atoms with van der Waals surface area (Å²) in [5, 5.41) is 2.93. The third-order valence-electron chi connectivity index (χ3n) is 5.35. The molecule has 0 atom stereocenters. The summed E-state index contributed by atoms with van der Waals surface area (Å²) < 4.78 is 28.4. The number of rotatable bonds is 12. The maximum Gasteiger partial charge on any atom is 0.248 e. The van der Waals surface area contributed by atoms with Crippen LogP contribution < -0.4 is 29.2 Å². The quantitative estimate of drug-likeness (QED) is 0.435. The molecule has 0 aliphatic carbocycles. The van der Waals surface area contributed by atoms with E-state index in [0.29, 0.717) is 61.7 Å². The van der Waals surface area contributed by atoms with Crippen molar-refractivity contribution in [2.75, 3.05) is 63.5 Å². The highest BCUT2D eigenvalue weighted by Crippen LogP contribution is 2.39. The predicted molar refractivity (Wildman–Crippen MR) is 138 cm³/mol. The molecule has 1 N–H and O–H groups in total. The number of nitrogens with zero attached hydrogens (tertiary/aromatic N) is 1. The topological polar surface area (TPSA) is 78.5 Å². The van der Waals surface area contributed by atoms with Gasteiger partial charge in [-0.1, -0.05) is 13.0 Å². The molecule has 0 radical (unpaired) electrons. The minimum atomic E-state index is -0.280. The molecular weight excluding hydrogens is 448 g/mol. The number of morpholine rings is 1. The van der Waals surface area contributed by atoms with Gasteiger partial charge in [0, 0.05) is 31.3 Å². The van der Waals surface area contributed by atoms with Gasteiger partial charge in [-0.05, 0) is 44.0 Å². The fourth-order valence-electron chi connectivity index (χ4n) is 3.71. The van der Waals surface area contributed by atoms with Gasteiger partial charge in [0.05, 0.1) is 51.5 Å². The second kappa shape index (κ2) is 13.5. The average Bonchev–Trinajstić information content (AvgIpc) is 2.88. The Hall–Kier alpha value is -3.39. The van der Waals surface area contributed by atoms with E-state index in [2.05, 4.69) is 10.2 Å². The van der Waals surface area contributed by atoms with E-state index in [1.165, 1.54) is 6.08 Å². The van der Waals surface area contributed by atoms with Crippen LogP contribution in [0.5, 0.6) is 23.0 Å². The van der Waals surface area contributed by atoms with Crippen LogP contribution >= 0.6 is 0 Å². The zero-order valence-electron chi connectivity index (χ0n) is 21.1. The smallest absolute Gasteiger partial charge is 0.248 e. The van der Waals surface area contributed by atoms with Crippen molar-refractivity contribution in [3.63, 3.8) is 0 Å². The monoisotopic (exact) mass is 484 g/mol. The van der Waals surface area contributed by atoms with Gasteiger partial charge in [0.2, 0.25) is 5.91 Å². The van der Waals surface area contributed by atoms with Gasteiger partial charge in [-0.3, -0.25) is 4.79 Å². The van der Waals surface area contributed by atoms with Crippen molar-refractivity contribution < 1.29 is 28.5 Å². The first kappa shape index (κ1) is 26.2. The third kappa shape index (κ3) is 7.29. The van der Waals surface area contributed by atoms with Crippen LogP contribution in [0, 0.1) is 0 Å². The van der Waals surface area contributed by atoms with Crippen molar-refractivity contribution in [3.05, 3.63) is 42.0 Å². The van der Waals surface area contributed by atoms with Crippen LogP contribution in [0.4, 0.5) is 11.4 Å². The molecule has 0 spiro atoms. The lowest BCUT2D eigenvalue weighted by molar-refractivity contribution is -0.111. The minimum Gasteiger partial charge on any atom is -0.493 e. The number of benzene rings is 2. The number of carbonyl (C=O) groups excluding carboxylic acids is 1. The molecule has 8 nitrogen and oxygen atoms in total. The summed E-state index contributed by atoms with van der Waals surface area (Å²) in [5.74, 6) is 2.32. The Morgan fingerprint density at radius 1 is 0.971 bits per heavy atom. The number of hydrogen-bond acceptors (Lipinski definition) is 7. The summed E-state index contributed by atoms with van der Waals surface area (Å²) in [5.41, 5.74) is 2.32. The summed E-state index contributed by atoms with van der Waals surface area (Å²) in [7, 11) is 1.60. The SMILES string of the molecule is CCCOc1ccc(/C=C/C(=O)Nc2cc(OCC)c(N3CCOCC3)cc2OCC)cc1OC. The van der Waals surface area contributed by atoms with Crippen LogP contribution in [0.25, 0.3) is 6.08 Å². The van der Waals surface area contributed by atoms with Crippen molar-refractivity contribution in [2.45, 2.75) is 27.2 Å². The van der Waals surface area contributed by atoms with E-state index >= 15 is 0 Å². The molecule has 1 saturated heterocycles. The van der Waals surface area contributed by atoms with Crippen molar-refractivity contribution in [3.8, 4) is 23.0 Å². The average molecular weight is 485 g/mol. The normalized spacial score (nSPS) is 13.5. The Morgan fingerprint density at radius 3 is 2.40 bits per heavy atom. The number of carbonyl (C=O) groups is 1. The molecule has 1 aliphatic rings. The molecule has 0 bridgehead atoms. The molecule has 2 aromatic carbocycles. The first-order chi connectivity index (χ1) is 17.1. The van der Waals surface area contributed by atoms with Gasteiger partial charge in [0.1, 0.15) is 11.5 Å². The van der Waals surface area contributed by atoms with Gasteiger partial charge >= 0.3 is 0 Å². The van der Waals surface area contributed by atoms with E-state index in [1.54, 1.807) is 13.2 Å². The lowest BCUT2D eigenvalue weighted by Gasteiger charge is -2.31. The number of nitrogens with one attached hydrogen (secondary N) is 1. The molecule has 35 heavy (non-hydrogen) atoms. The summed E-state index contributed by atoms with van der Waals surface area (Å²) in [6, 6.07) is 9.32. The number of anilines is 2. The Kier molecular flexibility index (Phi) is 10.1. The first-order valence-corrected chi connectivity index (χ1v) is 12.2. The molecule has 3 rings (SSSR count). The van der Waals surface area contributed by atoms with Crippen molar-refractivity contribution in [1.29, 1.82) is 0 Å². The first-order valence-electron chi connectivity index (χ1n) is 12.2. The summed E-state index contributed by atoms with van der Waals surface area (Å²) >= 11 is 0. The molecule has 1 amide bonds. The molecular formula is C27H36N2O6. The second-order valence-corrected chi connectivity index (χ2v) is 7.86. The van der Waals surface area contributed by atoms with Gasteiger partial charge < -0.3 is 33.9 Å². The van der Waals surface area contributed by atoms with E-state index in [0.717, 1.165) is 30.8 Å². The van der Waals surface area contributed by atoms with Gasteiger partial charge in [0.25, 0.3) is 0 Å². The van der Waals surface area contributed by atoms with Crippen LogP contribution in [-0.2, 0) is 9.53 Å². The van der Waals surface area contributed by atoms with E-state index in [1.807, 2.05) is 51.1 Å². The highest BCUT2D eigenvalue weighted by molar-refractivity contribution is 6.03. The zero-order valence-corrected chi connectivity index (χ0v) is 21.1. The highest BCUT2D eigenvalue weighted by atomic mass is 16.5. The van der Waals surface area contributed by atoms with Crippen LogP contribution in [0.15, 0.2) is 36.4 Å². The van der Waals surface area contributed by atoms with E-state index in [9.17, 15) is 4.79 Å². The van der Waals surface area contributed by atoms with Crippen LogP contribution in [-0.4, -0.2) is 59.1 Å². The number of amides is 1. The minimum absolute atomic E-state index is 0.280. The number of ether oxygens (including phenoxy) is 5. The molecule has 2 aromatic rings. The summed E-state index contributed by atoms with van der Waals surface area (Å²) in [6.07, 6.45) is 4.12. The Labute approximate surface area is 207 Å². The van der Waals surface area contributed by atoms with E-state index < -0.39 is 0 Å². The van der Waals surface area contributed by atoms with E-state index in [-0.39, 0.29) is 5.91 Å². The largest absolute Gasteiger partial charge is 0.493 e. The van der Waals surface area contributed by atoms with Gasteiger partial charge in [-0.15, -0.1) is 0 Å². The van der Waals surface area contributed by atoms with Gasteiger partial charge in [0.15, 0.2) is 11.5 Å². The van der Waals surface area contributed by atoms with Crippen LogP contribution in [0.3, 0.4) is 0 Å². The summed E-state index contributed by atoms with van der Waals surface area (Å²) in [6.45, 7) is 10.4. The molecule has 1 aliphatic heterocycles. The fraction of sp³-hybridized carbons (Fsp3) is 0.444. The zero-order chi connectivity index (χ0) is 25.0. The molecule has 0 saturated carbocycles. The maximum atomic E-state index is 12.8. The van der Waals surface area contributed by atoms with Crippen molar-refractivity contribution in [2.24, 2.45) is 0 Å².